The van der Waals surface area contributed by atoms with Gasteiger partial charge in [0.15, 0.2) is 0 Å². The number of nitrogens with zero attached hydrogens (tertiary/aromatic N) is 3. The molecule has 0 radical (unpaired) electrons. The van der Waals surface area contributed by atoms with E-state index in [-0.39, 0.29) is 46.3 Å². The summed E-state index contributed by atoms with van der Waals surface area (Å²) in [6, 6.07) is 12.6. The van der Waals surface area contributed by atoms with Crippen LogP contribution < -0.4 is 5.32 Å². The fraction of sp³-hybridized carbons (Fsp3) is 0.469. The van der Waals surface area contributed by atoms with Crippen molar-refractivity contribution in [2.24, 2.45) is 11.3 Å². The van der Waals surface area contributed by atoms with E-state index in [0.29, 0.717) is 49.6 Å². The number of H-pyrrole nitrogens is 1. The van der Waals surface area contributed by atoms with Crippen LogP contribution in [0.2, 0.25) is 10.0 Å². The number of piperidine rings is 1. The average molecular weight is 675 g/mol. The first kappa shape index (κ1) is 31.8. The van der Waals surface area contributed by atoms with Crippen molar-refractivity contribution in [3.8, 4) is 0 Å². The zero-order valence-electron chi connectivity index (χ0n) is 25.4. The number of hydrogen-bond donors (Lipinski definition) is 2. The van der Waals surface area contributed by atoms with Crippen molar-refractivity contribution in [1.82, 2.24) is 24.4 Å². The van der Waals surface area contributed by atoms with E-state index in [4.69, 9.17) is 23.2 Å². The summed E-state index contributed by atoms with van der Waals surface area (Å²) in [5, 5.41) is 4.27. The number of carbonyl (C=O) groups is 3. The Morgan fingerprint density at radius 2 is 1.69 bits per heavy atom. The molecule has 2 bridgehead atoms. The third-order valence-corrected chi connectivity index (χ3v) is 11.8. The first-order chi connectivity index (χ1) is 21.2. The van der Waals surface area contributed by atoms with Crippen LogP contribution in [0.1, 0.15) is 50.5 Å². The maximum atomic E-state index is 13.9. The molecule has 45 heavy (non-hydrogen) atoms. The lowest BCUT2D eigenvalue weighted by Gasteiger charge is -2.41. The fourth-order valence-corrected chi connectivity index (χ4v) is 9.12. The van der Waals surface area contributed by atoms with Gasteiger partial charge in [-0.3, -0.25) is 14.4 Å². The maximum absolute atomic E-state index is 13.9. The molecule has 6 rings (SSSR count). The first-order valence-electron chi connectivity index (χ1n) is 15.2. The molecule has 1 aromatic heterocycles. The summed E-state index contributed by atoms with van der Waals surface area (Å²) >= 11 is 12.2. The van der Waals surface area contributed by atoms with Crippen LogP contribution in [0.25, 0.3) is 10.9 Å². The molecule has 3 aliphatic heterocycles. The predicted molar refractivity (Wildman–Crippen MR) is 173 cm³/mol. The van der Waals surface area contributed by atoms with E-state index in [0.717, 1.165) is 10.9 Å². The van der Waals surface area contributed by atoms with Crippen LogP contribution in [0.4, 0.5) is 0 Å². The second kappa shape index (κ2) is 11.9. The Kier molecular flexibility index (Phi) is 8.43. The van der Waals surface area contributed by atoms with Crippen molar-refractivity contribution in [3.05, 3.63) is 64.3 Å². The SMILES string of the molecule is CC(C)(C)[C@H](NC(=O)c1cc2ccccc2[nH]1)C(=O)N1C[C@@H]2C[C@H]1CN2C(=O)[C@H]1CCCN(S(=O)(=O)c2ccc(Cl)cc2Cl)C1. The number of rotatable bonds is 6. The minimum Gasteiger partial charge on any atom is -0.351 e. The Bertz CT molecular complexity index is 1740. The van der Waals surface area contributed by atoms with Crippen LogP contribution in [0.15, 0.2) is 53.4 Å². The monoisotopic (exact) mass is 673 g/mol. The summed E-state index contributed by atoms with van der Waals surface area (Å²) in [6.07, 6.45) is 1.79. The standard InChI is InChI=1S/C32H37Cl2N5O5S/c1-32(2,3)28(36-29(40)26-13-19-7-4-5-9-25(19)35-26)31(42)39-18-22-15-23(39)17-38(22)30(41)20-8-6-12-37(16-20)45(43,44)27-11-10-21(33)14-24(27)34/h4-5,7,9-11,13-14,20,22-23,28,35H,6,8,12,15-18H2,1-3H3,(H,36,40)/t20-,22-,23-,28+/m0/s1. The Morgan fingerprint density at radius 1 is 0.978 bits per heavy atom. The van der Waals surface area contributed by atoms with Crippen LogP contribution in [0, 0.1) is 11.3 Å². The zero-order chi connectivity index (χ0) is 32.3. The number of piperazine rings is 1. The Morgan fingerprint density at radius 3 is 2.36 bits per heavy atom. The summed E-state index contributed by atoms with van der Waals surface area (Å²) in [6.45, 7) is 6.90. The molecule has 0 unspecified atom stereocenters. The summed E-state index contributed by atoms with van der Waals surface area (Å²) in [5.41, 5.74) is 0.676. The van der Waals surface area contributed by atoms with E-state index in [1.165, 1.54) is 22.5 Å². The minimum atomic E-state index is -3.91. The zero-order valence-corrected chi connectivity index (χ0v) is 27.8. The van der Waals surface area contributed by atoms with Gasteiger partial charge in [0, 0.05) is 42.1 Å². The van der Waals surface area contributed by atoms with Crippen molar-refractivity contribution in [2.75, 3.05) is 26.2 Å². The lowest BCUT2D eigenvalue weighted by atomic mass is 9.85. The van der Waals surface area contributed by atoms with Crippen LogP contribution in [-0.4, -0.2) is 89.5 Å². The van der Waals surface area contributed by atoms with Gasteiger partial charge < -0.3 is 20.1 Å². The molecule has 0 aliphatic carbocycles. The number of carbonyl (C=O) groups excluding carboxylic acids is 3. The van der Waals surface area contributed by atoms with Gasteiger partial charge in [-0.05, 0) is 55.0 Å². The average Bonchev–Trinajstić information content (AvgIpc) is 3.73. The Balaban J connectivity index is 1.11. The van der Waals surface area contributed by atoms with E-state index in [1.54, 1.807) is 11.0 Å². The minimum absolute atomic E-state index is 0.0268. The molecule has 3 aliphatic rings. The second-order valence-corrected chi connectivity index (χ2v) is 16.1. The number of aromatic nitrogens is 1. The number of benzene rings is 2. The number of sulfonamides is 1. The number of para-hydroxylation sites is 1. The molecule has 0 spiro atoms. The van der Waals surface area contributed by atoms with Crippen molar-refractivity contribution in [2.45, 2.75) is 63.1 Å². The number of halogens is 2. The van der Waals surface area contributed by atoms with Gasteiger partial charge in [0.1, 0.15) is 16.6 Å². The molecule has 2 aromatic carbocycles. The number of nitrogens with one attached hydrogen (secondary N) is 2. The number of fused-ring (bicyclic) bond motifs is 3. The molecular weight excluding hydrogens is 637 g/mol. The van der Waals surface area contributed by atoms with Crippen LogP contribution in [-0.2, 0) is 19.6 Å². The van der Waals surface area contributed by atoms with Gasteiger partial charge in [-0.1, -0.05) is 62.2 Å². The Hall–Kier alpha value is -3.12. The summed E-state index contributed by atoms with van der Waals surface area (Å²) < 4.78 is 28.2. The summed E-state index contributed by atoms with van der Waals surface area (Å²) in [4.78, 5) is 47.7. The third-order valence-electron chi connectivity index (χ3n) is 9.21. The van der Waals surface area contributed by atoms with Gasteiger partial charge in [-0.15, -0.1) is 0 Å². The highest BCUT2D eigenvalue weighted by Gasteiger charge is 2.51. The van der Waals surface area contributed by atoms with Crippen molar-refractivity contribution < 1.29 is 22.8 Å². The molecular formula is C32H37Cl2N5O5S. The molecule has 13 heteroatoms. The number of amides is 3. The van der Waals surface area contributed by atoms with Crippen molar-refractivity contribution >= 4 is 61.8 Å². The molecule has 3 saturated heterocycles. The largest absolute Gasteiger partial charge is 0.351 e. The molecule has 10 nitrogen and oxygen atoms in total. The lowest BCUT2D eigenvalue weighted by molar-refractivity contribution is -0.145. The van der Waals surface area contributed by atoms with Crippen molar-refractivity contribution in [3.63, 3.8) is 0 Å². The molecule has 240 valence electrons. The van der Waals surface area contributed by atoms with Crippen LogP contribution >= 0.6 is 23.2 Å². The van der Waals surface area contributed by atoms with Gasteiger partial charge >= 0.3 is 0 Å². The first-order valence-corrected chi connectivity index (χ1v) is 17.4. The van der Waals surface area contributed by atoms with Gasteiger partial charge in [0.2, 0.25) is 21.8 Å². The summed E-state index contributed by atoms with van der Waals surface area (Å²) in [5.74, 6) is -1.09. The molecule has 3 aromatic rings. The van der Waals surface area contributed by atoms with Crippen LogP contribution in [0.5, 0.6) is 0 Å². The maximum Gasteiger partial charge on any atom is 0.268 e. The predicted octanol–water partition coefficient (Wildman–Crippen LogP) is 4.53. The van der Waals surface area contributed by atoms with Gasteiger partial charge in [0.25, 0.3) is 5.91 Å². The molecule has 4 atom stereocenters. The quantitative estimate of drug-likeness (QED) is 0.398. The molecule has 3 fully saturated rings. The van der Waals surface area contributed by atoms with E-state index in [9.17, 15) is 22.8 Å². The van der Waals surface area contributed by atoms with Crippen molar-refractivity contribution in [1.29, 1.82) is 0 Å². The van der Waals surface area contributed by atoms with Gasteiger partial charge in [-0.25, -0.2) is 8.42 Å². The second-order valence-electron chi connectivity index (χ2n) is 13.3. The third kappa shape index (κ3) is 6.07. The normalized spacial score (nSPS) is 23.0. The molecule has 3 amide bonds. The van der Waals surface area contributed by atoms with Crippen LogP contribution in [0.3, 0.4) is 0 Å². The molecule has 0 saturated carbocycles. The summed E-state index contributed by atoms with van der Waals surface area (Å²) in [7, 11) is -3.91. The number of likely N-dealkylation sites (tertiary alicyclic amines) is 2. The highest BCUT2D eigenvalue weighted by atomic mass is 35.5. The fourth-order valence-electron chi connectivity index (χ4n) is 6.85. The molecule has 2 N–H and O–H groups in total. The molecule has 4 heterocycles. The number of aromatic amines is 1. The van der Waals surface area contributed by atoms with E-state index >= 15 is 0 Å². The lowest BCUT2D eigenvalue weighted by Crippen LogP contribution is -2.60. The topological polar surface area (TPSA) is 123 Å². The van der Waals surface area contributed by atoms with Gasteiger partial charge in [-0.2, -0.15) is 4.31 Å². The Labute approximate surface area is 273 Å². The number of hydrogen-bond acceptors (Lipinski definition) is 5. The van der Waals surface area contributed by atoms with Gasteiger partial charge in [0.05, 0.1) is 23.0 Å². The highest BCUT2D eigenvalue weighted by molar-refractivity contribution is 7.89. The van der Waals surface area contributed by atoms with E-state index in [2.05, 4.69) is 10.3 Å². The van der Waals surface area contributed by atoms with E-state index < -0.39 is 27.4 Å². The smallest absolute Gasteiger partial charge is 0.268 e. The highest BCUT2D eigenvalue weighted by Crippen LogP contribution is 2.36. The van der Waals surface area contributed by atoms with E-state index in [1.807, 2.05) is 49.9 Å².